The molecular weight excluding hydrogens is 200 g/mol. The van der Waals surface area contributed by atoms with Crippen molar-refractivity contribution in [2.75, 3.05) is 33.2 Å². The predicted molar refractivity (Wildman–Crippen MR) is 52.0 cm³/mol. The van der Waals surface area contributed by atoms with E-state index in [1.165, 1.54) is 7.05 Å². The number of nitrogens with zero attached hydrogens (tertiary/aromatic N) is 1. The van der Waals surface area contributed by atoms with E-state index in [4.69, 9.17) is 0 Å². The number of imide groups is 1. The Morgan fingerprint density at radius 1 is 1.53 bits per heavy atom. The first-order chi connectivity index (χ1) is 7.11. The second-order valence-corrected chi connectivity index (χ2v) is 3.19. The van der Waals surface area contributed by atoms with Gasteiger partial charge in [0.15, 0.2) is 0 Å². The average Bonchev–Trinajstić information content (AvgIpc) is 2.17. The molecule has 0 saturated carbocycles. The third-order valence-corrected chi connectivity index (χ3v) is 1.96. The van der Waals surface area contributed by atoms with Crippen LogP contribution in [-0.4, -0.2) is 56.0 Å². The van der Waals surface area contributed by atoms with Crippen LogP contribution in [0.2, 0.25) is 0 Å². The first-order valence-corrected chi connectivity index (χ1v) is 4.62. The topological polar surface area (TPSA) is 90.5 Å². The van der Waals surface area contributed by atoms with Gasteiger partial charge in [-0.1, -0.05) is 0 Å². The lowest BCUT2D eigenvalue weighted by atomic mass is 10.3. The summed E-state index contributed by atoms with van der Waals surface area (Å²) in [6.07, 6.45) is 0. The summed E-state index contributed by atoms with van der Waals surface area (Å²) in [5.41, 5.74) is 0. The third-order valence-electron chi connectivity index (χ3n) is 1.96. The van der Waals surface area contributed by atoms with Gasteiger partial charge in [0.1, 0.15) is 0 Å². The molecule has 15 heavy (non-hydrogen) atoms. The van der Waals surface area contributed by atoms with Crippen molar-refractivity contribution in [3.05, 3.63) is 0 Å². The monoisotopic (exact) mass is 214 g/mol. The van der Waals surface area contributed by atoms with E-state index in [9.17, 15) is 14.4 Å². The average molecular weight is 214 g/mol. The minimum Gasteiger partial charge on any atom is -0.354 e. The summed E-state index contributed by atoms with van der Waals surface area (Å²) in [5, 5.41) is 7.05. The fourth-order valence-electron chi connectivity index (χ4n) is 1.26. The summed E-state index contributed by atoms with van der Waals surface area (Å²) >= 11 is 0. The summed E-state index contributed by atoms with van der Waals surface area (Å²) in [5.74, 6) is -0.516. The van der Waals surface area contributed by atoms with Gasteiger partial charge in [-0.25, -0.2) is 4.79 Å². The molecule has 0 aromatic heterocycles. The van der Waals surface area contributed by atoms with E-state index in [0.717, 1.165) is 0 Å². The highest BCUT2D eigenvalue weighted by Gasteiger charge is 2.18. The normalized spacial score (nSPS) is 16.7. The molecule has 1 saturated heterocycles. The van der Waals surface area contributed by atoms with Gasteiger partial charge in [0.05, 0.1) is 13.1 Å². The van der Waals surface area contributed by atoms with E-state index in [2.05, 4.69) is 16.0 Å². The van der Waals surface area contributed by atoms with Crippen LogP contribution in [0.4, 0.5) is 4.79 Å². The lowest BCUT2D eigenvalue weighted by molar-refractivity contribution is -0.126. The van der Waals surface area contributed by atoms with Crippen molar-refractivity contribution in [1.29, 1.82) is 0 Å². The number of amides is 4. The Morgan fingerprint density at radius 2 is 2.27 bits per heavy atom. The van der Waals surface area contributed by atoms with E-state index in [1.807, 2.05) is 0 Å². The first-order valence-electron chi connectivity index (χ1n) is 4.62. The highest BCUT2D eigenvalue weighted by atomic mass is 16.2. The Labute approximate surface area is 87.2 Å². The van der Waals surface area contributed by atoms with Gasteiger partial charge in [0.2, 0.25) is 11.8 Å². The van der Waals surface area contributed by atoms with Gasteiger partial charge in [-0.3, -0.25) is 19.8 Å². The smallest absolute Gasteiger partial charge is 0.321 e. The summed E-state index contributed by atoms with van der Waals surface area (Å²) in [6.45, 7) is 1.40. The molecule has 0 atom stereocenters. The molecule has 1 aliphatic rings. The Balaban J connectivity index is 2.31. The summed E-state index contributed by atoms with van der Waals surface area (Å²) in [7, 11) is 1.43. The van der Waals surface area contributed by atoms with E-state index in [0.29, 0.717) is 13.1 Å². The molecule has 1 heterocycles. The number of hydrogen-bond donors (Lipinski definition) is 3. The Hall–Kier alpha value is -1.63. The molecule has 1 rings (SSSR count). The maximum atomic E-state index is 11.2. The van der Waals surface area contributed by atoms with E-state index in [-0.39, 0.29) is 19.0 Å². The highest BCUT2D eigenvalue weighted by Crippen LogP contribution is 1.92. The summed E-state index contributed by atoms with van der Waals surface area (Å²) < 4.78 is 0. The zero-order valence-electron chi connectivity index (χ0n) is 8.50. The minimum absolute atomic E-state index is 0.0564. The van der Waals surface area contributed by atoms with E-state index in [1.54, 1.807) is 4.90 Å². The van der Waals surface area contributed by atoms with Crippen LogP contribution in [0, 0.1) is 0 Å². The fourth-order valence-corrected chi connectivity index (χ4v) is 1.26. The van der Waals surface area contributed by atoms with Crippen LogP contribution in [-0.2, 0) is 9.59 Å². The molecule has 1 aliphatic heterocycles. The Morgan fingerprint density at radius 3 is 2.87 bits per heavy atom. The maximum Gasteiger partial charge on any atom is 0.321 e. The van der Waals surface area contributed by atoms with Crippen molar-refractivity contribution in [3.63, 3.8) is 0 Å². The van der Waals surface area contributed by atoms with Gasteiger partial charge in [-0.2, -0.15) is 0 Å². The van der Waals surface area contributed by atoms with Crippen LogP contribution < -0.4 is 16.0 Å². The van der Waals surface area contributed by atoms with Crippen molar-refractivity contribution in [2.24, 2.45) is 0 Å². The van der Waals surface area contributed by atoms with Crippen LogP contribution in [0.1, 0.15) is 0 Å². The number of urea groups is 1. The second-order valence-electron chi connectivity index (χ2n) is 3.19. The molecule has 7 nitrogen and oxygen atoms in total. The summed E-state index contributed by atoms with van der Waals surface area (Å²) in [6, 6.07) is -0.540. The second kappa shape index (κ2) is 5.30. The van der Waals surface area contributed by atoms with Crippen molar-refractivity contribution in [3.8, 4) is 0 Å². The van der Waals surface area contributed by atoms with Crippen LogP contribution in [0.25, 0.3) is 0 Å². The molecule has 0 unspecified atom stereocenters. The largest absolute Gasteiger partial charge is 0.354 e. The predicted octanol–water partition coefficient (Wildman–Crippen LogP) is -2.13. The molecule has 3 N–H and O–H groups in total. The van der Waals surface area contributed by atoms with Crippen LogP contribution in [0.3, 0.4) is 0 Å². The molecule has 0 spiro atoms. The van der Waals surface area contributed by atoms with Crippen LogP contribution >= 0.6 is 0 Å². The molecule has 0 aliphatic carbocycles. The lowest BCUT2D eigenvalue weighted by Gasteiger charge is -2.25. The Kier molecular flexibility index (Phi) is 4.04. The van der Waals surface area contributed by atoms with Crippen molar-refractivity contribution < 1.29 is 14.4 Å². The molecule has 4 amide bonds. The quantitative estimate of drug-likeness (QED) is 0.490. The minimum atomic E-state index is -0.540. The molecule has 7 heteroatoms. The molecule has 0 radical (unpaired) electrons. The molecule has 1 fully saturated rings. The van der Waals surface area contributed by atoms with Gasteiger partial charge in [0.25, 0.3) is 0 Å². The van der Waals surface area contributed by atoms with E-state index >= 15 is 0 Å². The SMILES string of the molecule is CNC(=O)NC(=O)CN1CCNC(=O)C1. The van der Waals surface area contributed by atoms with Crippen LogP contribution in [0.15, 0.2) is 0 Å². The molecule has 0 bridgehead atoms. The van der Waals surface area contributed by atoms with Crippen molar-refractivity contribution >= 4 is 17.8 Å². The van der Waals surface area contributed by atoms with Gasteiger partial charge in [0, 0.05) is 20.1 Å². The fraction of sp³-hybridized carbons (Fsp3) is 0.625. The number of rotatable bonds is 2. The van der Waals surface area contributed by atoms with E-state index < -0.39 is 11.9 Å². The van der Waals surface area contributed by atoms with Crippen molar-refractivity contribution in [1.82, 2.24) is 20.9 Å². The number of carbonyl (C=O) groups is 3. The zero-order valence-corrected chi connectivity index (χ0v) is 8.50. The number of carbonyl (C=O) groups excluding carboxylic acids is 3. The maximum absolute atomic E-state index is 11.2. The molecule has 84 valence electrons. The first kappa shape index (κ1) is 11.4. The van der Waals surface area contributed by atoms with Gasteiger partial charge >= 0.3 is 6.03 Å². The van der Waals surface area contributed by atoms with Gasteiger partial charge in [-0.05, 0) is 0 Å². The standard InChI is InChI=1S/C8H14N4O3/c1-9-8(15)11-7(14)5-12-3-2-10-6(13)4-12/h2-5H2,1H3,(H,10,13)(H2,9,11,14,15). The lowest BCUT2D eigenvalue weighted by Crippen LogP contribution is -2.51. The highest BCUT2D eigenvalue weighted by molar-refractivity contribution is 5.95. The van der Waals surface area contributed by atoms with Gasteiger partial charge in [-0.15, -0.1) is 0 Å². The number of nitrogens with one attached hydrogen (secondary N) is 3. The third kappa shape index (κ3) is 3.94. The molecule has 0 aromatic rings. The molecular formula is C8H14N4O3. The Bertz CT molecular complexity index is 279. The van der Waals surface area contributed by atoms with Crippen LogP contribution in [0.5, 0.6) is 0 Å². The number of hydrogen-bond acceptors (Lipinski definition) is 4. The van der Waals surface area contributed by atoms with Gasteiger partial charge < -0.3 is 10.6 Å². The number of piperazine rings is 1. The summed E-state index contributed by atoms with van der Waals surface area (Å²) in [4.78, 5) is 34.7. The van der Waals surface area contributed by atoms with Crippen molar-refractivity contribution in [2.45, 2.75) is 0 Å². The molecule has 0 aromatic carbocycles. The zero-order chi connectivity index (χ0) is 11.3.